The number of likely N-dealkylation sites (N-methyl/N-ethyl adjacent to an activating group) is 1. The molecule has 2 amide bonds. The van der Waals surface area contributed by atoms with Gasteiger partial charge in [-0.15, -0.1) is 11.3 Å². The molecule has 0 aliphatic rings. The number of nitrogens with zero attached hydrogens (tertiary/aromatic N) is 3. The monoisotopic (exact) mass is 469 g/mol. The third-order valence-electron chi connectivity index (χ3n) is 4.38. The van der Waals surface area contributed by atoms with Crippen LogP contribution in [0.2, 0.25) is 0 Å². The van der Waals surface area contributed by atoms with E-state index in [1.165, 1.54) is 11.3 Å². The van der Waals surface area contributed by atoms with Crippen molar-refractivity contribution in [1.82, 2.24) is 14.9 Å². The van der Waals surface area contributed by atoms with Crippen LogP contribution in [-0.2, 0) is 16.0 Å². The summed E-state index contributed by atoms with van der Waals surface area (Å²) in [4.78, 5) is 39.0. The summed E-state index contributed by atoms with van der Waals surface area (Å²) in [6.07, 6.45) is 3.41. The first kappa shape index (κ1) is 24.0. The molecule has 174 valence electrons. The number of aromatic nitrogens is 2. The highest BCUT2D eigenvalue weighted by molar-refractivity contribution is 7.14. The maximum absolute atomic E-state index is 12.4. The summed E-state index contributed by atoms with van der Waals surface area (Å²) in [5.74, 6) is 0. The molecule has 1 aromatic carbocycles. The van der Waals surface area contributed by atoms with Gasteiger partial charge in [0.25, 0.3) is 0 Å². The molecule has 0 aliphatic heterocycles. The number of amides is 2. The zero-order chi connectivity index (χ0) is 23.8. The highest BCUT2D eigenvalue weighted by atomic mass is 32.1. The van der Waals surface area contributed by atoms with E-state index >= 15 is 0 Å². The maximum atomic E-state index is 12.4. The number of ether oxygens (including phenoxy) is 1. The molecular weight excluding hydrogens is 442 g/mol. The number of carbonyl (C=O) groups is 2. The van der Waals surface area contributed by atoms with E-state index in [0.717, 1.165) is 17.5 Å². The predicted octanol–water partition coefficient (Wildman–Crippen LogP) is 5.19. The lowest BCUT2D eigenvalue weighted by Crippen LogP contribution is -2.32. The number of carbonyl (C=O) groups excluding carboxylic acids is 2. The largest absolute Gasteiger partial charge is 0.533 e. The Labute approximate surface area is 196 Å². The van der Waals surface area contributed by atoms with Crippen LogP contribution in [0.3, 0.4) is 0 Å². The molecule has 0 saturated carbocycles. The van der Waals surface area contributed by atoms with Crippen molar-refractivity contribution in [2.45, 2.75) is 32.8 Å². The fraction of sp³-hybridized carbons (Fsp3) is 0.304. The average Bonchev–Trinajstić information content (AvgIpc) is 3.25. The van der Waals surface area contributed by atoms with Gasteiger partial charge in [0.1, 0.15) is 5.60 Å². The van der Waals surface area contributed by atoms with Crippen molar-refractivity contribution in [3.8, 4) is 11.3 Å². The first-order valence-corrected chi connectivity index (χ1v) is 11.2. The second kappa shape index (κ2) is 10.8. The Balaban J connectivity index is 1.49. The van der Waals surface area contributed by atoms with E-state index in [1.54, 1.807) is 45.1 Å². The van der Waals surface area contributed by atoms with Gasteiger partial charge in [0.05, 0.1) is 5.69 Å². The number of hydrogen-bond donors (Lipinski definition) is 2. The second-order valence-electron chi connectivity index (χ2n) is 8.24. The van der Waals surface area contributed by atoms with Crippen molar-refractivity contribution in [2.24, 2.45) is 0 Å². The van der Waals surface area contributed by atoms with Crippen molar-refractivity contribution in [3.63, 3.8) is 0 Å². The molecule has 9 nitrogen and oxygen atoms in total. The fourth-order valence-corrected chi connectivity index (χ4v) is 3.35. The van der Waals surface area contributed by atoms with Crippen molar-refractivity contribution >= 4 is 34.3 Å². The molecule has 33 heavy (non-hydrogen) atoms. The highest BCUT2D eigenvalue weighted by Crippen LogP contribution is 2.26. The van der Waals surface area contributed by atoms with Gasteiger partial charge >= 0.3 is 12.2 Å². The molecule has 0 unspecified atom stereocenters. The SMILES string of the molecule is CN(CCc1ccncc1)C(=O)Nc1ccc(-c2csc(NOC(=O)OC(C)(C)C)n2)cc1. The number of nitrogens with one attached hydrogen (secondary N) is 2. The Bertz CT molecular complexity index is 1060. The van der Waals surface area contributed by atoms with Crippen molar-refractivity contribution < 1.29 is 19.2 Å². The van der Waals surface area contributed by atoms with Crippen LogP contribution in [0, 0.1) is 0 Å². The Morgan fingerprint density at radius 2 is 1.79 bits per heavy atom. The average molecular weight is 470 g/mol. The van der Waals surface area contributed by atoms with Crippen LogP contribution in [0.15, 0.2) is 54.2 Å². The predicted molar refractivity (Wildman–Crippen MR) is 128 cm³/mol. The van der Waals surface area contributed by atoms with Crippen LogP contribution in [-0.4, -0.2) is 46.2 Å². The van der Waals surface area contributed by atoms with Gasteiger partial charge in [-0.2, -0.15) is 5.48 Å². The van der Waals surface area contributed by atoms with Crippen LogP contribution < -0.4 is 10.8 Å². The van der Waals surface area contributed by atoms with E-state index in [4.69, 9.17) is 9.57 Å². The highest BCUT2D eigenvalue weighted by Gasteiger charge is 2.18. The molecule has 2 heterocycles. The summed E-state index contributed by atoms with van der Waals surface area (Å²) in [6, 6.07) is 11.0. The van der Waals surface area contributed by atoms with Crippen molar-refractivity contribution in [2.75, 3.05) is 24.4 Å². The van der Waals surface area contributed by atoms with Gasteiger partial charge in [-0.3, -0.25) is 4.98 Å². The topological polar surface area (TPSA) is 106 Å². The van der Waals surface area contributed by atoms with E-state index < -0.39 is 11.8 Å². The zero-order valence-electron chi connectivity index (χ0n) is 19.0. The van der Waals surface area contributed by atoms with Crippen LogP contribution in [0.5, 0.6) is 0 Å². The Morgan fingerprint density at radius 3 is 2.45 bits per heavy atom. The van der Waals surface area contributed by atoms with Crippen molar-refractivity contribution in [1.29, 1.82) is 0 Å². The number of benzene rings is 1. The van der Waals surface area contributed by atoms with Gasteiger partial charge in [-0.05, 0) is 57.0 Å². The molecular formula is C23H27N5O4S. The minimum Gasteiger partial charge on any atom is -0.427 e. The summed E-state index contributed by atoms with van der Waals surface area (Å²) in [5.41, 5.74) is 5.24. The van der Waals surface area contributed by atoms with Crippen LogP contribution in [0.25, 0.3) is 11.3 Å². The number of rotatable bonds is 7. The molecule has 0 atom stereocenters. The maximum Gasteiger partial charge on any atom is 0.533 e. The molecule has 0 bridgehead atoms. The Hall–Kier alpha value is -3.66. The third-order valence-corrected chi connectivity index (χ3v) is 5.12. The van der Waals surface area contributed by atoms with Gasteiger partial charge in [0.15, 0.2) is 0 Å². The summed E-state index contributed by atoms with van der Waals surface area (Å²) in [7, 11) is 1.76. The van der Waals surface area contributed by atoms with E-state index in [9.17, 15) is 9.59 Å². The normalized spacial score (nSPS) is 10.9. The van der Waals surface area contributed by atoms with Crippen LogP contribution >= 0.6 is 11.3 Å². The van der Waals surface area contributed by atoms with Gasteiger partial charge < -0.3 is 19.8 Å². The lowest BCUT2D eigenvalue weighted by atomic mass is 10.1. The summed E-state index contributed by atoms with van der Waals surface area (Å²) >= 11 is 1.29. The molecule has 0 radical (unpaired) electrons. The molecule has 3 rings (SSSR count). The molecule has 0 saturated heterocycles. The van der Waals surface area contributed by atoms with Gasteiger partial charge in [0.2, 0.25) is 5.13 Å². The zero-order valence-corrected chi connectivity index (χ0v) is 19.8. The van der Waals surface area contributed by atoms with Crippen molar-refractivity contribution in [3.05, 3.63) is 59.7 Å². The van der Waals surface area contributed by atoms with Gasteiger partial charge in [0, 0.05) is 42.6 Å². The lowest BCUT2D eigenvalue weighted by molar-refractivity contribution is 0.00298. The summed E-state index contributed by atoms with van der Waals surface area (Å²) in [6.45, 7) is 5.85. The number of hydrogen-bond acceptors (Lipinski definition) is 8. The smallest absolute Gasteiger partial charge is 0.427 e. The molecule has 3 aromatic rings. The van der Waals surface area contributed by atoms with E-state index in [1.807, 2.05) is 41.8 Å². The lowest BCUT2D eigenvalue weighted by Gasteiger charge is -2.18. The van der Waals surface area contributed by atoms with E-state index in [0.29, 0.717) is 23.1 Å². The molecule has 0 aliphatic carbocycles. The molecule has 2 aromatic heterocycles. The molecule has 2 N–H and O–H groups in total. The first-order valence-electron chi connectivity index (χ1n) is 10.3. The molecule has 0 spiro atoms. The standard InChI is InChI=1S/C23H27N5O4S/c1-23(2,3)31-22(30)32-27-20-26-19(15-33-20)17-5-7-18(8-6-17)25-21(29)28(4)14-11-16-9-12-24-13-10-16/h5-10,12-13,15H,11,14H2,1-4H3,(H,25,29)(H,26,27). The number of urea groups is 1. The minimum absolute atomic E-state index is 0.184. The molecule has 0 fully saturated rings. The quantitative estimate of drug-likeness (QED) is 0.362. The van der Waals surface area contributed by atoms with E-state index in [2.05, 4.69) is 20.8 Å². The van der Waals surface area contributed by atoms with Crippen LogP contribution in [0.4, 0.5) is 20.4 Å². The Kier molecular flexibility index (Phi) is 7.83. The van der Waals surface area contributed by atoms with Gasteiger partial charge in [-0.25, -0.2) is 14.6 Å². The number of pyridine rings is 1. The number of anilines is 2. The first-order chi connectivity index (χ1) is 15.7. The van der Waals surface area contributed by atoms with E-state index in [-0.39, 0.29) is 6.03 Å². The fourth-order valence-electron chi connectivity index (χ4n) is 2.70. The van der Waals surface area contributed by atoms with Crippen LogP contribution in [0.1, 0.15) is 26.3 Å². The summed E-state index contributed by atoms with van der Waals surface area (Å²) < 4.78 is 5.06. The second-order valence-corrected chi connectivity index (χ2v) is 9.10. The Morgan fingerprint density at radius 1 is 1.09 bits per heavy atom. The third kappa shape index (κ3) is 7.76. The van der Waals surface area contributed by atoms with Gasteiger partial charge in [-0.1, -0.05) is 12.1 Å². The summed E-state index contributed by atoms with van der Waals surface area (Å²) in [5, 5.41) is 5.14. The minimum atomic E-state index is -0.829. The number of thiazole rings is 1. The molecule has 10 heteroatoms.